The summed E-state index contributed by atoms with van der Waals surface area (Å²) in [5, 5.41) is 0. The minimum atomic E-state index is -3.77. The molecule has 130 valence electrons. The predicted octanol–water partition coefficient (Wildman–Crippen LogP) is 1.64. The van der Waals surface area contributed by atoms with Crippen LogP contribution in [0.15, 0.2) is 29.2 Å². The Hall–Kier alpha value is -1.15. The van der Waals surface area contributed by atoms with E-state index in [0.29, 0.717) is 19.5 Å². The lowest BCUT2D eigenvalue weighted by Crippen LogP contribution is -2.53. The van der Waals surface area contributed by atoms with Crippen molar-refractivity contribution in [3.63, 3.8) is 0 Å². The van der Waals surface area contributed by atoms with Crippen LogP contribution in [-0.2, 0) is 14.8 Å². The molecule has 0 aliphatic carbocycles. The van der Waals surface area contributed by atoms with Crippen LogP contribution in [-0.4, -0.2) is 44.9 Å². The highest BCUT2D eigenvalue weighted by Gasteiger charge is 2.39. The fourth-order valence-electron chi connectivity index (χ4n) is 2.64. The SMILES string of the molecule is COC(=O)c1ccccc1S(=O)(=O)N1CCC(N)C(C)(C)C1.Cl. The Morgan fingerprint density at radius 2 is 1.96 bits per heavy atom. The number of piperidine rings is 1. The van der Waals surface area contributed by atoms with E-state index in [4.69, 9.17) is 5.73 Å². The Labute approximate surface area is 143 Å². The maximum Gasteiger partial charge on any atom is 0.339 e. The van der Waals surface area contributed by atoms with Crippen molar-refractivity contribution in [3.05, 3.63) is 29.8 Å². The van der Waals surface area contributed by atoms with E-state index in [-0.39, 0.29) is 34.3 Å². The maximum atomic E-state index is 12.9. The molecule has 1 aromatic rings. The van der Waals surface area contributed by atoms with E-state index in [1.165, 1.54) is 23.5 Å². The number of methoxy groups -OCH3 is 1. The second kappa shape index (κ2) is 7.17. The van der Waals surface area contributed by atoms with Crippen LogP contribution in [0.25, 0.3) is 0 Å². The molecule has 0 amide bonds. The van der Waals surface area contributed by atoms with Gasteiger partial charge in [0.1, 0.15) is 0 Å². The minimum absolute atomic E-state index is 0. The lowest BCUT2D eigenvalue weighted by molar-refractivity contribution is 0.0596. The van der Waals surface area contributed by atoms with Gasteiger partial charge in [-0.05, 0) is 24.0 Å². The number of nitrogens with zero attached hydrogens (tertiary/aromatic N) is 1. The normalized spacial score (nSPS) is 21.3. The van der Waals surface area contributed by atoms with Crippen molar-refractivity contribution in [2.75, 3.05) is 20.2 Å². The zero-order valence-electron chi connectivity index (χ0n) is 13.5. The van der Waals surface area contributed by atoms with Crippen LogP contribution in [0.3, 0.4) is 0 Å². The Kier molecular flexibility index (Phi) is 6.20. The lowest BCUT2D eigenvalue weighted by Gasteiger charge is -2.41. The molecule has 1 aliphatic heterocycles. The first kappa shape index (κ1) is 19.9. The molecule has 2 N–H and O–H groups in total. The van der Waals surface area contributed by atoms with Crippen LogP contribution in [0.4, 0.5) is 0 Å². The van der Waals surface area contributed by atoms with Crippen molar-refractivity contribution < 1.29 is 17.9 Å². The van der Waals surface area contributed by atoms with E-state index in [0.717, 1.165) is 0 Å². The van der Waals surface area contributed by atoms with Gasteiger partial charge in [-0.3, -0.25) is 0 Å². The summed E-state index contributed by atoms with van der Waals surface area (Å²) in [5.74, 6) is -0.660. The molecule has 23 heavy (non-hydrogen) atoms. The van der Waals surface area contributed by atoms with Crippen molar-refractivity contribution in [1.82, 2.24) is 4.31 Å². The largest absolute Gasteiger partial charge is 0.465 e. The molecule has 1 aromatic carbocycles. The van der Waals surface area contributed by atoms with E-state index in [1.54, 1.807) is 12.1 Å². The molecule has 6 nitrogen and oxygen atoms in total. The van der Waals surface area contributed by atoms with Gasteiger partial charge in [0, 0.05) is 19.1 Å². The van der Waals surface area contributed by atoms with Crippen LogP contribution in [0.1, 0.15) is 30.6 Å². The van der Waals surface area contributed by atoms with Crippen LogP contribution in [0, 0.1) is 5.41 Å². The summed E-state index contributed by atoms with van der Waals surface area (Å²) in [7, 11) is -2.53. The van der Waals surface area contributed by atoms with Crippen molar-refractivity contribution in [2.24, 2.45) is 11.1 Å². The van der Waals surface area contributed by atoms with Gasteiger partial charge in [-0.15, -0.1) is 12.4 Å². The average Bonchev–Trinajstić information content (AvgIpc) is 2.49. The van der Waals surface area contributed by atoms with Crippen LogP contribution < -0.4 is 5.73 Å². The van der Waals surface area contributed by atoms with Gasteiger partial charge in [-0.2, -0.15) is 4.31 Å². The van der Waals surface area contributed by atoms with Gasteiger partial charge in [0.2, 0.25) is 10.0 Å². The molecular weight excluding hydrogens is 340 g/mol. The zero-order valence-corrected chi connectivity index (χ0v) is 15.1. The Morgan fingerprint density at radius 1 is 1.35 bits per heavy atom. The highest BCUT2D eigenvalue weighted by molar-refractivity contribution is 7.89. The number of benzene rings is 1. The number of halogens is 1. The number of hydrogen-bond donors (Lipinski definition) is 1. The summed E-state index contributed by atoms with van der Waals surface area (Å²) in [5.41, 5.74) is 5.80. The second-order valence-electron chi connectivity index (χ2n) is 6.21. The highest BCUT2D eigenvalue weighted by atomic mass is 35.5. The molecule has 1 heterocycles. The summed E-state index contributed by atoms with van der Waals surface area (Å²) in [6.07, 6.45) is 0.590. The standard InChI is InChI=1S/C15H22N2O4S.ClH/c1-15(2)10-17(9-8-13(15)16)22(19,20)12-7-5-4-6-11(12)14(18)21-3;/h4-7,13H,8-10,16H2,1-3H3;1H. The molecule has 1 fully saturated rings. The molecule has 0 spiro atoms. The van der Waals surface area contributed by atoms with Gasteiger partial charge in [-0.25, -0.2) is 13.2 Å². The van der Waals surface area contributed by atoms with Crippen molar-refractivity contribution in [1.29, 1.82) is 0 Å². The first-order valence-corrected chi connectivity index (χ1v) is 8.57. The Morgan fingerprint density at radius 3 is 2.52 bits per heavy atom. The number of ether oxygens (including phenoxy) is 1. The molecule has 1 aliphatic rings. The van der Waals surface area contributed by atoms with E-state index in [2.05, 4.69) is 4.74 Å². The predicted molar refractivity (Wildman–Crippen MR) is 90.2 cm³/mol. The number of rotatable bonds is 3. The van der Waals surface area contributed by atoms with Gasteiger partial charge < -0.3 is 10.5 Å². The van der Waals surface area contributed by atoms with Gasteiger partial charge in [0.05, 0.1) is 17.6 Å². The molecule has 1 atom stereocenters. The van der Waals surface area contributed by atoms with Crippen molar-refractivity contribution in [2.45, 2.75) is 31.2 Å². The molecule has 2 rings (SSSR count). The van der Waals surface area contributed by atoms with Crippen molar-refractivity contribution in [3.8, 4) is 0 Å². The lowest BCUT2D eigenvalue weighted by atomic mass is 9.81. The fourth-order valence-corrected chi connectivity index (χ4v) is 4.45. The van der Waals surface area contributed by atoms with E-state index < -0.39 is 16.0 Å². The third-order valence-corrected chi connectivity index (χ3v) is 6.09. The molecular formula is C15H23ClN2O4S. The topological polar surface area (TPSA) is 89.7 Å². The molecule has 8 heteroatoms. The van der Waals surface area contributed by atoms with Gasteiger partial charge in [0.25, 0.3) is 0 Å². The highest BCUT2D eigenvalue weighted by Crippen LogP contribution is 2.32. The molecule has 0 saturated carbocycles. The molecule has 0 bridgehead atoms. The maximum absolute atomic E-state index is 12.9. The first-order chi connectivity index (χ1) is 10.2. The summed E-state index contributed by atoms with van der Waals surface area (Å²) in [4.78, 5) is 11.8. The molecule has 1 unspecified atom stereocenters. The van der Waals surface area contributed by atoms with Crippen LogP contribution in [0.2, 0.25) is 0 Å². The van der Waals surface area contributed by atoms with Gasteiger partial charge in [0.15, 0.2) is 0 Å². The molecule has 1 saturated heterocycles. The van der Waals surface area contributed by atoms with E-state index >= 15 is 0 Å². The third-order valence-electron chi connectivity index (χ3n) is 4.19. The zero-order chi connectivity index (χ0) is 16.5. The molecule has 0 aromatic heterocycles. The molecule has 0 radical (unpaired) electrons. The van der Waals surface area contributed by atoms with Gasteiger partial charge in [-0.1, -0.05) is 26.0 Å². The van der Waals surface area contributed by atoms with E-state index in [9.17, 15) is 13.2 Å². The number of nitrogens with two attached hydrogens (primary N) is 1. The number of sulfonamides is 1. The van der Waals surface area contributed by atoms with Crippen LogP contribution >= 0.6 is 12.4 Å². The Bertz CT molecular complexity index is 676. The third kappa shape index (κ3) is 3.85. The average molecular weight is 363 g/mol. The summed E-state index contributed by atoms with van der Waals surface area (Å²) in [6, 6.07) is 6.05. The van der Waals surface area contributed by atoms with Crippen LogP contribution in [0.5, 0.6) is 0 Å². The minimum Gasteiger partial charge on any atom is -0.465 e. The van der Waals surface area contributed by atoms with Crippen molar-refractivity contribution >= 4 is 28.4 Å². The van der Waals surface area contributed by atoms with E-state index in [1.807, 2.05) is 13.8 Å². The summed E-state index contributed by atoms with van der Waals surface area (Å²) < 4.78 is 31.9. The smallest absolute Gasteiger partial charge is 0.339 e. The van der Waals surface area contributed by atoms with Gasteiger partial charge >= 0.3 is 5.97 Å². The number of hydrogen-bond acceptors (Lipinski definition) is 5. The first-order valence-electron chi connectivity index (χ1n) is 7.13. The monoisotopic (exact) mass is 362 g/mol. The number of esters is 1. The summed E-state index contributed by atoms with van der Waals surface area (Å²) in [6.45, 7) is 4.57. The second-order valence-corrected chi connectivity index (χ2v) is 8.12. The summed E-state index contributed by atoms with van der Waals surface area (Å²) >= 11 is 0. The fraction of sp³-hybridized carbons (Fsp3) is 0.533. The number of carbonyl (C=O) groups excluding carboxylic acids is 1. The quantitative estimate of drug-likeness (QED) is 0.825. The number of carbonyl (C=O) groups is 1. The Balaban J connectivity index is 0.00000264.